The van der Waals surface area contributed by atoms with E-state index >= 15 is 0 Å². The van der Waals surface area contributed by atoms with Crippen molar-refractivity contribution in [3.8, 4) is 5.88 Å². The molecule has 7 nitrogen and oxygen atoms in total. The fraction of sp³-hybridized carbons (Fsp3) is 0.350. The van der Waals surface area contributed by atoms with Gasteiger partial charge in [0.05, 0.1) is 6.54 Å². The lowest BCUT2D eigenvalue weighted by Crippen LogP contribution is -2.42. The third-order valence-corrected chi connectivity index (χ3v) is 4.91. The van der Waals surface area contributed by atoms with E-state index < -0.39 is 0 Å². The van der Waals surface area contributed by atoms with Crippen molar-refractivity contribution < 1.29 is 14.3 Å². The lowest BCUT2D eigenvalue weighted by molar-refractivity contribution is -0.130. The summed E-state index contributed by atoms with van der Waals surface area (Å²) in [5, 5.41) is 0. The highest BCUT2D eigenvalue weighted by atomic mass is 16.5. The molecular weight excluding hydrogens is 344 g/mol. The Morgan fingerprint density at radius 2 is 1.89 bits per heavy atom. The summed E-state index contributed by atoms with van der Waals surface area (Å²) < 4.78 is 5.83. The van der Waals surface area contributed by atoms with Gasteiger partial charge < -0.3 is 14.5 Å². The maximum atomic E-state index is 12.6. The zero-order valence-corrected chi connectivity index (χ0v) is 15.0. The molecule has 3 heterocycles. The predicted molar refractivity (Wildman–Crippen MR) is 101 cm³/mol. The summed E-state index contributed by atoms with van der Waals surface area (Å²) in [4.78, 5) is 34.5. The summed E-state index contributed by atoms with van der Waals surface area (Å²) in [6.07, 6.45) is 2.40. The fourth-order valence-electron chi connectivity index (χ4n) is 3.48. The average molecular weight is 366 g/mol. The van der Waals surface area contributed by atoms with E-state index in [1.54, 1.807) is 20.9 Å². The van der Waals surface area contributed by atoms with Gasteiger partial charge in [0.1, 0.15) is 12.6 Å². The molecule has 0 saturated carbocycles. The van der Waals surface area contributed by atoms with E-state index in [1.807, 2.05) is 48.5 Å². The maximum absolute atomic E-state index is 12.6. The Labute approximate surface area is 158 Å². The topological polar surface area (TPSA) is 66.0 Å². The first-order chi connectivity index (χ1) is 13.2. The number of anilines is 1. The van der Waals surface area contributed by atoms with Crippen molar-refractivity contribution in [2.45, 2.75) is 12.5 Å². The molecule has 0 aliphatic carbocycles. The normalized spacial score (nSPS) is 19.6. The standard InChI is InChI=1S/C20H22N4O3/c25-19(22-11-9-17(14-22)27-18-8-4-5-10-21-18)15-23-12-13-24(20(23)26)16-6-2-1-3-7-16/h1-8,10,17H,9,11-15H2. The monoisotopic (exact) mass is 366 g/mol. The smallest absolute Gasteiger partial charge is 0.325 e. The quantitative estimate of drug-likeness (QED) is 0.812. The van der Waals surface area contributed by atoms with Crippen molar-refractivity contribution in [3.63, 3.8) is 0 Å². The second-order valence-electron chi connectivity index (χ2n) is 6.73. The van der Waals surface area contributed by atoms with E-state index in [-0.39, 0.29) is 24.6 Å². The number of ether oxygens (including phenoxy) is 1. The number of nitrogens with zero attached hydrogens (tertiary/aromatic N) is 4. The molecule has 7 heteroatoms. The Morgan fingerprint density at radius 3 is 2.67 bits per heavy atom. The van der Waals surface area contributed by atoms with Crippen molar-refractivity contribution >= 4 is 17.6 Å². The number of amides is 3. The van der Waals surface area contributed by atoms with Crippen LogP contribution in [0.4, 0.5) is 10.5 Å². The minimum absolute atomic E-state index is 0.0367. The Bertz CT molecular complexity index is 799. The van der Waals surface area contributed by atoms with Crippen LogP contribution in [0.2, 0.25) is 0 Å². The van der Waals surface area contributed by atoms with Gasteiger partial charge in [-0.2, -0.15) is 0 Å². The molecular formula is C20H22N4O3. The minimum Gasteiger partial charge on any atom is -0.472 e. The van der Waals surface area contributed by atoms with E-state index in [0.717, 1.165) is 12.1 Å². The van der Waals surface area contributed by atoms with Crippen LogP contribution in [0.1, 0.15) is 6.42 Å². The zero-order chi connectivity index (χ0) is 18.6. The second kappa shape index (κ2) is 7.65. The van der Waals surface area contributed by atoms with Crippen molar-refractivity contribution in [1.29, 1.82) is 0 Å². The summed E-state index contributed by atoms with van der Waals surface area (Å²) in [6.45, 7) is 2.43. The summed E-state index contributed by atoms with van der Waals surface area (Å²) in [6, 6.07) is 14.9. The molecule has 140 valence electrons. The molecule has 1 unspecified atom stereocenters. The molecule has 0 bridgehead atoms. The first-order valence-electron chi connectivity index (χ1n) is 9.17. The number of hydrogen-bond donors (Lipinski definition) is 0. The van der Waals surface area contributed by atoms with Crippen LogP contribution < -0.4 is 9.64 Å². The largest absolute Gasteiger partial charge is 0.472 e. The van der Waals surface area contributed by atoms with Crippen LogP contribution in [0.15, 0.2) is 54.7 Å². The third kappa shape index (κ3) is 3.86. The van der Waals surface area contributed by atoms with E-state index in [9.17, 15) is 9.59 Å². The molecule has 1 aromatic heterocycles. The number of rotatable bonds is 5. The number of aromatic nitrogens is 1. The summed E-state index contributed by atoms with van der Waals surface area (Å²) in [7, 11) is 0. The number of benzene rings is 1. The summed E-state index contributed by atoms with van der Waals surface area (Å²) in [5.74, 6) is 0.537. The Morgan fingerprint density at radius 1 is 1.07 bits per heavy atom. The molecule has 2 aliphatic heterocycles. The highest BCUT2D eigenvalue weighted by molar-refractivity contribution is 5.96. The molecule has 2 saturated heterocycles. The number of likely N-dealkylation sites (tertiary alicyclic amines) is 1. The molecule has 2 aromatic rings. The van der Waals surface area contributed by atoms with Gasteiger partial charge >= 0.3 is 6.03 Å². The number of para-hydroxylation sites is 1. The van der Waals surface area contributed by atoms with E-state index in [4.69, 9.17) is 4.74 Å². The zero-order valence-electron chi connectivity index (χ0n) is 15.0. The van der Waals surface area contributed by atoms with Gasteiger partial charge in [-0.05, 0) is 18.2 Å². The number of hydrogen-bond acceptors (Lipinski definition) is 4. The summed E-state index contributed by atoms with van der Waals surface area (Å²) in [5.41, 5.74) is 0.863. The molecule has 2 fully saturated rings. The van der Waals surface area contributed by atoms with Gasteiger partial charge in [-0.3, -0.25) is 9.69 Å². The second-order valence-corrected chi connectivity index (χ2v) is 6.73. The molecule has 2 aliphatic rings. The van der Waals surface area contributed by atoms with Crippen LogP contribution in [-0.4, -0.2) is 65.5 Å². The van der Waals surface area contributed by atoms with Gasteiger partial charge in [0.15, 0.2) is 0 Å². The van der Waals surface area contributed by atoms with Crippen LogP contribution in [-0.2, 0) is 4.79 Å². The number of urea groups is 1. The lowest BCUT2D eigenvalue weighted by Gasteiger charge is -2.22. The summed E-state index contributed by atoms with van der Waals surface area (Å²) >= 11 is 0. The third-order valence-electron chi connectivity index (χ3n) is 4.91. The van der Waals surface area contributed by atoms with E-state index in [0.29, 0.717) is 32.1 Å². The van der Waals surface area contributed by atoms with Gasteiger partial charge in [-0.25, -0.2) is 9.78 Å². The average Bonchev–Trinajstić information content (AvgIpc) is 3.31. The molecule has 3 amide bonds. The van der Waals surface area contributed by atoms with Crippen LogP contribution in [0.3, 0.4) is 0 Å². The van der Waals surface area contributed by atoms with Crippen molar-refractivity contribution in [2.75, 3.05) is 37.6 Å². The Hall–Kier alpha value is -3.09. The highest BCUT2D eigenvalue weighted by Gasteiger charge is 2.34. The van der Waals surface area contributed by atoms with Crippen molar-refractivity contribution in [1.82, 2.24) is 14.8 Å². The van der Waals surface area contributed by atoms with Crippen LogP contribution in [0, 0.1) is 0 Å². The number of carbonyl (C=O) groups is 2. The molecule has 0 spiro atoms. The van der Waals surface area contributed by atoms with Gasteiger partial charge in [0.25, 0.3) is 0 Å². The van der Waals surface area contributed by atoms with Crippen LogP contribution in [0.25, 0.3) is 0 Å². The van der Waals surface area contributed by atoms with Gasteiger partial charge in [0, 0.05) is 44.0 Å². The first-order valence-corrected chi connectivity index (χ1v) is 9.17. The van der Waals surface area contributed by atoms with Crippen molar-refractivity contribution in [3.05, 3.63) is 54.7 Å². The van der Waals surface area contributed by atoms with Gasteiger partial charge in [-0.1, -0.05) is 24.3 Å². The van der Waals surface area contributed by atoms with E-state index in [1.165, 1.54) is 0 Å². The first kappa shape index (κ1) is 17.3. The van der Waals surface area contributed by atoms with Crippen LogP contribution >= 0.6 is 0 Å². The molecule has 0 radical (unpaired) electrons. The molecule has 1 aromatic carbocycles. The molecule has 1 atom stereocenters. The molecule has 0 N–H and O–H groups in total. The fourth-order valence-corrected chi connectivity index (χ4v) is 3.48. The number of carbonyl (C=O) groups excluding carboxylic acids is 2. The molecule has 27 heavy (non-hydrogen) atoms. The van der Waals surface area contributed by atoms with Gasteiger partial charge in [-0.15, -0.1) is 0 Å². The number of pyridine rings is 1. The van der Waals surface area contributed by atoms with Gasteiger partial charge in [0.2, 0.25) is 11.8 Å². The lowest BCUT2D eigenvalue weighted by atomic mass is 10.3. The van der Waals surface area contributed by atoms with Crippen LogP contribution in [0.5, 0.6) is 5.88 Å². The predicted octanol–water partition coefficient (Wildman–Crippen LogP) is 2.00. The maximum Gasteiger partial charge on any atom is 0.325 e. The molecule has 4 rings (SSSR count). The highest BCUT2D eigenvalue weighted by Crippen LogP contribution is 2.21. The SMILES string of the molecule is O=C(CN1CCN(c2ccccc2)C1=O)N1CCC(Oc2ccccn2)C1. The van der Waals surface area contributed by atoms with E-state index in [2.05, 4.69) is 4.98 Å². The Balaban J connectivity index is 1.30. The Kier molecular flexibility index (Phi) is 4.91. The van der Waals surface area contributed by atoms with Crippen molar-refractivity contribution in [2.24, 2.45) is 0 Å². The minimum atomic E-state index is -0.116.